The first-order valence-corrected chi connectivity index (χ1v) is 11.6. The second kappa shape index (κ2) is 9.00. The Balaban J connectivity index is 1.63. The van der Waals surface area contributed by atoms with Crippen molar-refractivity contribution in [3.8, 4) is 0 Å². The second-order valence-corrected chi connectivity index (χ2v) is 9.59. The molecule has 158 valence electrons. The number of nitrogens with two attached hydrogens (primary N) is 1. The van der Waals surface area contributed by atoms with E-state index in [0.717, 1.165) is 16.9 Å². The Kier molecular flexibility index (Phi) is 6.61. The summed E-state index contributed by atoms with van der Waals surface area (Å²) in [5, 5.41) is 7.79. The minimum absolute atomic E-state index is 0.0303. The number of rotatable bonds is 8. The zero-order valence-corrected chi connectivity index (χ0v) is 18.2. The zero-order chi connectivity index (χ0) is 21.9. The summed E-state index contributed by atoms with van der Waals surface area (Å²) in [7, 11) is -3.73. The van der Waals surface area contributed by atoms with Gasteiger partial charge in [-0.1, -0.05) is 29.5 Å². The topological polar surface area (TPSA) is 129 Å². The first-order valence-electron chi connectivity index (χ1n) is 8.79. The molecule has 1 amide bonds. The molecule has 0 unspecified atom stereocenters. The van der Waals surface area contributed by atoms with Gasteiger partial charge in [0.1, 0.15) is 17.6 Å². The highest BCUT2D eigenvalue weighted by atomic mass is 32.2. The van der Waals surface area contributed by atoms with E-state index in [2.05, 4.69) is 16.9 Å². The van der Waals surface area contributed by atoms with E-state index in [1.54, 1.807) is 22.8 Å². The van der Waals surface area contributed by atoms with Crippen LogP contribution in [0.3, 0.4) is 0 Å². The van der Waals surface area contributed by atoms with Gasteiger partial charge in [0.05, 0.1) is 4.90 Å². The molecule has 0 aliphatic carbocycles. The molecule has 1 aromatic carbocycles. The fourth-order valence-corrected chi connectivity index (χ4v) is 4.61. The van der Waals surface area contributed by atoms with E-state index in [0.29, 0.717) is 33.8 Å². The monoisotopic (exact) mass is 465 g/mol. The van der Waals surface area contributed by atoms with Gasteiger partial charge >= 0.3 is 0 Å². The number of allylic oxidation sites excluding steroid dienone is 1. The molecule has 2 aromatic heterocycles. The molecule has 0 radical (unpaired) electrons. The van der Waals surface area contributed by atoms with Crippen LogP contribution < -0.4 is 16.0 Å². The molecule has 0 aliphatic rings. The van der Waals surface area contributed by atoms with E-state index in [4.69, 9.17) is 17.4 Å². The molecule has 12 heteroatoms. The summed E-state index contributed by atoms with van der Waals surface area (Å²) in [6, 6.07) is 6.10. The van der Waals surface area contributed by atoms with E-state index in [1.807, 2.05) is 0 Å². The van der Waals surface area contributed by atoms with Crippen molar-refractivity contribution in [2.24, 2.45) is 5.14 Å². The van der Waals surface area contributed by atoms with Crippen LogP contribution in [0, 0.1) is 3.95 Å². The van der Waals surface area contributed by atoms with Gasteiger partial charge in [0.25, 0.3) is 5.56 Å². The Morgan fingerprint density at radius 1 is 1.33 bits per heavy atom. The van der Waals surface area contributed by atoms with Gasteiger partial charge in [0.15, 0.2) is 9.60 Å². The van der Waals surface area contributed by atoms with Crippen molar-refractivity contribution in [1.82, 2.24) is 19.4 Å². The normalized spacial score (nSPS) is 11.5. The van der Waals surface area contributed by atoms with Gasteiger partial charge in [-0.2, -0.15) is 0 Å². The highest BCUT2D eigenvalue weighted by molar-refractivity contribution is 7.89. The third-order valence-electron chi connectivity index (χ3n) is 4.26. The average Bonchev–Trinajstić information content (AvgIpc) is 3.00. The summed E-state index contributed by atoms with van der Waals surface area (Å²) >= 11 is 6.42. The van der Waals surface area contributed by atoms with Crippen LogP contribution in [0.15, 0.2) is 52.9 Å². The molecule has 0 bridgehead atoms. The number of nitrogens with zero attached hydrogens (tertiary/aromatic N) is 3. The van der Waals surface area contributed by atoms with E-state index >= 15 is 0 Å². The van der Waals surface area contributed by atoms with Crippen molar-refractivity contribution in [3.63, 3.8) is 0 Å². The minimum Gasteiger partial charge on any atom is -0.354 e. The molecule has 2 heterocycles. The van der Waals surface area contributed by atoms with Gasteiger partial charge in [-0.05, 0) is 36.3 Å². The van der Waals surface area contributed by atoms with Crippen molar-refractivity contribution in [2.45, 2.75) is 24.4 Å². The lowest BCUT2D eigenvalue weighted by atomic mass is 10.1. The fraction of sp³-hybridized carbons (Fsp3) is 0.222. The molecule has 0 aliphatic heterocycles. The van der Waals surface area contributed by atoms with Crippen LogP contribution in [0.5, 0.6) is 0 Å². The summed E-state index contributed by atoms with van der Waals surface area (Å²) in [6.07, 6.45) is 3.50. The summed E-state index contributed by atoms with van der Waals surface area (Å²) < 4.78 is 26.4. The average molecular weight is 466 g/mol. The number of amides is 1. The molecule has 0 saturated heterocycles. The lowest BCUT2D eigenvalue weighted by Crippen LogP contribution is -2.33. The maximum absolute atomic E-state index is 12.7. The maximum Gasteiger partial charge on any atom is 0.273 e. The molecule has 0 saturated carbocycles. The molecule has 9 nitrogen and oxygen atoms in total. The first-order chi connectivity index (χ1) is 14.2. The van der Waals surface area contributed by atoms with Crippen molar-refractivity contribution < 1.29 is 13.2 Å². The lowest BCUT2D eigenvalue weighted by molar-refractivity contribution is -0.121. The fourth-order valence-electron chi connectivity index (χ4n) is 2.78. The van der Waals surface area contributed by atoms with Crippen molar-refractivity contribution in [3.05, 3.63) is 63.1 Å². The number of primary sulfonamides is 1. The van der Waals surface area contributed by atoms with Gasteiger partial charge in [0, 0.05) is 13.1 Å². The molecule has 3 aromatic rings. The van der Waals surface area contributed by atoms with Crippen LogP contribution in [-0.4, -0.2) is 35.0 Å². The summed E-state index contributed by atoms with van der Waals surface area (Å²) in [5.74, 6) is -0.339. The SMILES string of the molecule is C=CCn1c(=S)sc2c(=O)n(CC(=O)NCCc3ccc(S(N)(=O)=O)cc3)cnc21. The van der Waals surface area contributed by atoms with Gasteiger partial charge in [-0.3, -0.25) is 14.2 Å². The predicted molar refractivity (Wildman–Crippen MR) is 117 cm³/mol. The van der Waals surface area contributed by atoms with Gasteiger partial charge in [-0.25, -0.2) is 18.5 Å². The minimum atomic E-state index is -3.73. The number of carbonyl (C=O) groups is 1. The number of hydrogen-bond acceptors (Lipinski definition) is 7. The molecule has 0 spiro atoms. The Morgan fingerprint density at radius 3 is 2.67 bits per heavy atom. The third-order valence-corrected chi connectivity index (χ3v) is 6.61. The molecular weight excluding hydrogens is 446 g/mol. The van der Waals surface area contributed by atoms with E-state index in [-0.39, 0.29) is 22.9 Å². The quantitative estimate of drug-likeness (QED) is 0.380. The number of fused-ring (bicyclic) bond motifs is 1. The smallest absolute Gasteiger partial charge is 0.273 e. The summed E-state index contributed by atoms with van der Waals surface area (Å²) in [6.45, 7) is 4.28. The number of sulfonamides is 1. The van der Waals surface area contributed by atoms with Gasteiger partial charge < -0.3 is 9.88 Å². The van der Waals surface area contributed by atoms with Crippen molar-refractivity contribution in [2.75, 3.05) is 6.54 Å². The number of aromatic nitrogens is 3. The number of nitrogens with one attached hydrogen (secondary N) is 1. The molecular formula is C18H19N5O4S3. The van der Waals surface area contributed by atoms with Gasteiger partial charge in [0.2, 0.25) is 15.9 Å². The van der Waals surface area contributed by atoms with Crippen LogP contribution in [0.4, 0.5) is 0 Å². The van der Waals surface area contributed by atoms with Crippen LogP contribution in [0.2, 0.25) is 0 Å². The number of thiazole rings is 1. The van der Waals surface area contributed by atoms with Crippen LogP contribution >= 0.6 is 23.6 Å². The van der Waals surface area contributed by atoms with E-state index in [9.17, 15) is 18.0 Å². The first kappa shape index (κ1) is 22.0. The van der Waals surface area contributed by atoms with Crippen molar-refractivity contribution >= 4 is 49.8 Å². The summed E-state index contributed by atoms with van der Waals surface area (Å²) in [5.41, 5.74) is 0.994. The largest absolute Gasteiger partial charge is 0.354 e. The molecule has 3 rings (SSSR count). The third kappa shape index (κ3) is 4.90. The highest BCUT2D eigenvalue weighted by Crippen LogP contribution is 2.17. The molecule has 3 N–H and O–H groups in total. The van der Waals surface area contributed by atoms with Crippen LogP contribution in [0.25, 0.3) is 10.3 Å². The number of carbonyl (C=O) groups excluding carboxylic acids is 1. The molecule has 0 atom stereocenters. The Bertz CT molecular complexity index is 1320. The standard InChI is InChI=1S/C18H19N5O4S3/c1-2-9-23-16-15(29-18(23)28)17(25)22(11-21-16)10-14(24)20-8-7-12-3-5-13(6-4-12)30(19,26)27/h2-6,11H,1,7-10H2,(H,20,24)(H2,19,26,27). The number of hydrogen-bond donors (Lipinski definition) is 2. The van der Waals surface area contributed by atoms with Crippen LogP contribution in [0.1, 0.15) is 5.56 Å². The van der Waals surface area contributed by atoms with Crippen LogP contribution in [-0.2, 0) is 34.3 Å². The van der Waals surface area contributed by atoms with E-state index < -0.39 is 10.0 Å². The second-order valence-electron chi connectivity index (χ2n) is 6.39. The maximum atomic E-state index is 12.7. The highest BCUT2D eigenvalue weighted by Gasteiger charge is 2.13. The Labute approximate surface area is 181 Å². The lowest BCUT2D eigenvalue weighted by Gasteiger charge is -2.08. The summed E-state index contributed by atoms with van der Waals surface area (Å²) in [4.78, 5) is 29.2. The zero-order valence-electron chi connectivity index (χ0n) is 15.8. The van der Waals surface area contributed by atoms with Gasteiger partial charge in [-0.15, -0.1) is 6.58 Å². The molecule has 0 fully saturated rings. The number of benzene rings is 1. The Morgan fingerprint density at radius 2 is 2.03 bits per heavy atom. The molecule has 30 heavy (non-hydrogen) atoms. The van der Waals surface area contributed by atoms with Crippen molar-refractivity contribution in [1.29, 1.82) is 0 Å². The predicted octanol–water partition coefficient (Wildman–Crippen LogP) is 1.18. The van der Waals surface area contributed by atoms with E-state index in [1.165, 1.54) is 23.0 Å². The Hall–Kier alpha value is -2.67.